The van der Waals surface area contributed by atoms with Crippen LogP contribution >= 0.6 is 0 Å². The molecule has 1 N–H and O–H groups in total. The molecule has 1 aliphatic rings. The summed E-state index contributed by atoms with van der Waals surface area (Å²) >= 11 is 0. The summed E-state index contributed by atoms with van der Waals surface area (Å²) in [4.78, 5) is 4.41. The number of ether oxygens (including phenoxy) is 1. The topological polar surface area (TPSA) is 42.3 Å². The highest BCUT2D eigenvalue weighted by Crippen LogP contribution is 2.32. The predicted molar refractivity (Wildman–Crippen MR) is 104 cm³/mol. The summed E-state index contributed by atoms with van der Waals surface area (Å²) in [5, 5.41) is 1.48. The minimum atomic E-state index is -4.43. The molecule has 0 aliphatic carbocycles. The molecule has 0 radical (unpaired) electrons. The van der Waals surface area contributed by atoms with Crippen molar-refractivity contribution in [3.05, 3.63) is 90.6 Å². The van der Waals surface area contributed by atoms with E-state index in [-0.39, 0.29) is 0 Å². The van der Waals surface area contributed by atoms with E-state index < -0.39 is 11.7 Å². The van der Waals surface area contributed by atoms with Gasteiger partial charge in [-0.2, -0.15) is 13.2 Å². The molecule has 3 aromatic rings. The van der Waals surface area contributed by atoms with E-state index in [1.54, 1.807) is 30.7 Å². The summed E-state index contributed by atoms with van der Waals surface area (Å²) in [5.74, 6) is 1.74. The maximum atomic E-state index is 13.1. The van der Waals surface area contributed by atoms with Gasteiger partial charge in [0.15, 0.2) is 0 Å². The molecule has 8 heteroatoms. The van der Waals surface area contributed by atoms with Gasteiger partial charge in [0.2, 0.25) is 0 Å². The molecule has 0 bridgehead atoms. The lowest BCUT2D eigenvalue weighted by molar-refractivity contribution is -0.137. The molecule has 0 saturated heterocycles. The summed E-state index contributed by atoms with van der Waals surface area (Å²) in [6.07, 6.45) is 2.33. The SMILES string of the molecule is COC1=CN(c2cccc(C(F)(F)F)c2)NC(n2ccnc2-c2ccccc2)=C1. The average molecular weight is 398 g/mol. The van der Waals surface area contributed by atoms with Crippen molar-refractivity contribution < 1.29 is 17.9 Å². The van der Waals surface area contributed by atoms with E-state index in [2.05, 4.69) is 10.4 Å². The summed E-state index contributed by atoms with van der Waals surface area (Å²) in [5.41, 5.74) is 3.61. The van der Waals surface area contributed by atoms with Gasteiger partial charge in [0.1, 0.15) is 17.4 Å². The predicted octanol–water partition coefficient (Wildman–Crippen LogP) is 4.88. The Hall–Kier alpha value is -3.68. The number of methoxy groups -OCH3 is 1. The third kappa shape index (κ3) is 3.82. The van der Waals surface area contributed by atoms with Crippen molar-refractivity contribution in [3.63, 3.8) is 0 Å². The number of halogens is 3. The fourth-order valence-electron chi connectivity index (χ4n) is 2.99. The molecule has 0 unspecified atom stereocenters. The number of hydrazine groups is 1. The zero-order valence-corrected chi connectivity index (χ0v) is 15.4. The maximum Gasteiger partial charge on any atom is 0.416 e. The molecule has 0 fully saturated rings. The highest BCUT2D eigenvalue weighted by molar-refractivity contribution is 5.66. The molecule has 148 valence electrons. The van der Waals surface area contributed by atoms with Crippen molar-refractivity contribution in [2.75, 3.05) is 12.1 Å². The van der Waals surface area contributed by atoms with Crippen LogP contribution < -0.4 is 10.4 Å². The van der Waals surface area contributed by atoms with E-state index in [0.717, 1.165) is 17.7 Å². The summed E-state index contributed by atoms with van der Waals surface area (Å²) < 4.78 is 46.5. The first-order valence-electron chi connectivity index (χ1n) is 8.75. The van der Waals surface area contributed by atoms with Crippen LogP contribution in [-0.2, 0) is 10.9 Å². The Morgan fingerprint density at radius 2 is 1.83 bits per heavy atom. The summed E-state index contributed by atoms with van der Waals surface area (Å²) in [7, 11) is 1.50. The Kier molecular flexibility index (Phi) is 4.75. The Morgan fingerprint density at radius 3 is 2.55 bits per heavy atom. The van der Waals surface area contributed by atoms with Crippen LogP contribution in [0.25, 0.3) is 17.2 Å². The number of hydrogen-bond donors (Lipinski definition) is 1. The van der Waals surface area contributed by atoms with Crippen molar-refractivity contribution in [1.82, 2.24) is 15.0 Å². The molecule has 0 spiro atoms. The first-order chi connectivity index (χ1) is 14.0. The number of benzene rings is 2. The van der Waals surface area contributed by atoms with Gasteiger partial charge in [-0.1, -0.05) is 36.4 Å². The van der Waals surface area contributed by atoms with Gasteiger partial charge in [-0.15, -0.1) is 0 Å². The number of hydrogen-bond acceptors (Lipinski definition) is 4. The molecule has 0 atom stereocenters. The monoisotopic (exact) mass is 398 g/mol. The normalized spacial score (nSPS) is 14.1. The standard InChI is InChI=1S/C21H17F3N4O/c1-29-18-13-19(27-11-10-25-20(27)15-6-3-2-4-7-15)26-28(14-18)17-9-5-8-16(12-17)21(22,23)24/h2-14,26H,1H3. The van der Waals surface area contributed by atoms with Gasteiger partial charge in [-0.25, -0.2) is 4.98 Å². The fraction of sp³-hybridized carbons (Fsp3) is 0.0952. The maximum absolute atomic E-state index is 13.1. The van der Waals surface area contributed by atoms with Gasteiger partial charge >= 0.3 is 6.18 Å². The fourth-order valence-corrected chi connectivity index (χ4v) is 2.99. The molecule has 29 heavy (non-hydrogen) atoms. The third-order valence-electron chi connectivity index (χ3n) is 4.39. The minimum absolute atomic E-state index is 0.321. The van der Waals surface area contributed by atoms with Gasteiger partial charge in [-0.05, 0) is 18.2 Å². The van der Waals surface area contributed by atoms with Gasteiger partial charge in [0.25, 0.3) is 0 Å². The smallest absolute Gasteiger partial charge is 0.416 e. The number of imidazole rings is 1. The van der Waals surface area contributed by atoms with E-state index in [1.165, 1.54) is 18.2 Å². The Labute approximate surface area is 165 Å². The highest BCUT2D eigenvalue weighted by Gasteiger charge is 2.31. The zero-order chi connectivity index (χ0) is 20.4. The number of nitrogens with one attached hydrogen (secondary N) is 1. The zero-order valence-electron chi connectivity index (χ0n) is 15.4. The first kappa shape index (κ1) is 18.7. The van der Waals surface area contributed by atoms with Crippen molar-refractivity contribution >= 4 is 11.5 Å². The van der Waals surface area contributed by atoms with Crippen LogP contribution in [0, 0.1) is 0 Å². The lowest BCUT2D eigenvalue weighted by atomic mass is 10.2. The number of aromatic nitrogens is 2. The Morgan fingerprint density at radius 1 is 1.03 bits per heavy atom. The molecule has 0 saturated carbocycles. The number of nitrogens with zero attached hydrogens (tertiary/aromatic N) is 3. The number of rotatable bonds is 4. The van der Waals surface area contributed by atoms with Crippen LogP contribution in [0.1, 0.15) is 5.56 Å². The molecule has 2 aromatic carbocycles. The van der Waals surface area contributed by atoms with Crippen molar-refractivity contribution in [2.45, 2.75) is 6.18 Å². The Balaban J connectivity index is 1.71. The van der Waals surface area contributed by atoms with E-state index in [9.17, 15) is 13.2 Å². The lowest BCUT2D eigenvalue weighted by Gasteiger charge is -2.29. The molecule has 1 aliphatic heterocycles. The van der Waals surface area contributed by atoms with Crippen LogP contribution in [-0.4, -0.2) is 16.7 Å². The molecule has 1 aromatic heterocycles. The molecular weight excluding hydrogens is 381 g/mol. The largest absolute Gasteiger partial charge is 0.495 e. The van der Waals surface area contributed by atoms with E-state index >= 15 is 0 Å². The molecular formula is C21H17F3N4O. The summed E-state index contributed by atoms with van der Waals surface area (Å²) in [6.45, 7) is 0. The van der Waals surface area contributed by atoms with Gasteiger partial charge < -0.3 is 4.74 Å². The van der Waals surface area contributed by atoms with Crippen LogP contribution in [0.4, 0.5) is 18.9 Å². The molecule has 2 heterocycles. The van der Waals surface area contributed by atoms with Crippen molar-refractivity contribution in [1.29, 1.82) is 0 Å². The van der Waals surface area contributed by atoms with Crippen LogP contribution in [0.5, 0.6) is 0 Å². The third-order valence-corrected chi connectivity index (χ3v) is 4.39. The highest BCUT2D eigenvalue weighted by atomic mass is 19.4. The first-order valence-corrected chi connectivity index (χ1v) is 8.75. The number of allylic oxidation sites excluding steroid dienone is 1. The Bertz CT molecular complexity index is 1070. The molecule has 0 amide bonds. The van der Waals surface area contributed by atoms with Gasteiger partial charge in [0, 0.05) is 24.0 Å². The molecule has 4 rings (SSSR count). The quantitative estimate of drug-likeness (QED) is 0.680. The number of anilines is 1. The molecule has 5 nitrogen and oxygen atoms in total. The van der Waals surface area contributed by atoms with Gasteiger partial charge in [-0.3, -0.25) is 15.0 Å². The lowest BCUT2D eigenvalue weighted by Crippen LogP contribution is -2.37. The second kappa shape index (κ2) is 7.38. The van der Waals surface area contributed by atoms with Crippen LogP contribution in [0.2, 0.25) is 0 Å². The minimum Gasteiger partial charge on any atom is -0.495 e. The van der Waals surface area contributed by atoms with Crippen molar-refractivity contribution in [2.24, 2.45) is 0 Å². The second-order valence-electron chi connectivity index (χ2n) is 6.28. The second-order valence-corrected chi connectivity index (χ2v) is 6.28. The van der Waals surface area contributed by atoms with Crippen LogP contribution in [0.15, 0.2) is 85.0 Å². The van der Waals surface area contributed by atoms with E-state index in [1.807, 2.05) is 34.9 Å². The van der Waals surface area contributed by atoms with E-state index in [0.29, 0.717) is 23.1 Å². The average Bonchev–Trinajstić information content (AvgIpc) is 3.23. The van der Waals surface area contributed by atoms with Gasteiger partial charge in [0.05, 0.1) is 24.6 Å². The van der Waals surface area contributed by atoms with Crippen molar-refractivity contribution in [3.8, 4) is 11.4 Å². The van der Waals surface area contributed by atoms with Crippen LogP contribution in [0.3, 0.4) is 0 Å². The summed E-state index contributed by atoms with van der Waals surface area (Å²) in [6, 6.07) is 14.7. The number of alkyl halides is 3. The van der Waals surface area contributed by atoms with E-state index in [4.69, 9.17) is 4.74 Å².